The fourth-order valence-corrected chi connectivity index (χ4v) is 0.421. The van der Waals surface area contributed by atoms with Crippen molar-refractivity contribution >= 4 is 11.8 Å². The van der Waals surface area contributed by atoms with Crippen LogP contribution in [0, 0.1) is 0 Å². The number of nitrogens with two attached hydrogens (primary N) is 2. The normalized spacial score (nSPS) is 12.5. The third-order valence-electron chi connectivity index (χ3n) is 0.993. The van der Waals surface area contributed by atoms with Crippen molar-refractivity contribution in [2.75, 3.05) is 0 Å². The van der Waals surface area contributed by atoms with Crippen LogP contribution in [-0.4, -0.2) is 23.0 Å². The largest absolute Gasteiger partial charge is 0.383 e. The lowest BCUT2D eigenvalue weighted by molar-refractivity contribution is -0.127. The van der Waals surface area contributed by atoms with E-state index in [0.29, 0.717) is 0 Å². The molecule has 0 aliphatic heterocycles. The van der Waals surface area contributed by atoms with Gasteiger partial charge in [-0.05, 0) is 6.42 Å². The molecule has 0 saturated carbocycles. The van der Waals surface area contributed by atoms with Gasteiger partial charge in [0.05, 0.1) is 0 Å². The molecule has 1 atom stereocenters. The highest BCUT2D eigenvalue weighted by Crippen LogP contribution is 1.93. The number of primary amides is 2. The highest BCUT2D eigenvalue weighted by atomic mass is 16.3. The van der Waals surface area contributed by atoms with Crippen LogP contribution in [0.25, 0.3) is 0 Å². The van der Waals surface area contributed by atoms with Gasteiger partial charge in [-0.25, -0.2) is 0 Å². The second-order valence-electron chi connectivity index (χ2n) is 1.92. The van der Waals surface area contributed by atoms with Gasteiger partial charge in [0.1, 0.15) is 6.10 Å². The number of aliphatic hydroxyl groups is 1. The molecule has 0 bridgehead atoms. The van der Waals surface area contributed by atoms with Gasteiger partial charge in [0, 0.05) is 6.42 Å². The molecule has 58 valence electrons. The molecular formula is C5H10N2O3. The number of amides is 2. The molecule has 2 amide bonds. The second-order valence-corrected chi connectivity index (χ2v) is 1.92. The van der Waals surface area contributed by atoms with E-state index in [1.165, 1.54) is 0 Å². The molecule has 0 aromatic carbocycles. The Morgan fingerprint density at radius 3 is 2.20 bits per heavy atom. The van der Waals surface area contributed by atoms with Crippen molar-refractivity contribution in [1.29, 1.82) is 0 Å². The lowest BCUT2D eigenvalue weighted by Gasteiger charge is -2.02. The van der Waals surface area contributed by atoms with E-state index in [1.54, 1.807) is 0 Å². The van der Waals surface area contributed by atoms with Gasteiger partial charge in [-0.1, -0.05) is 0 Å². The first-order valence-electron chi connectivity index (χ1n) is 2.79. The molecule has 0 rings (SSSR count). The first kappa shape index (κ1) is 8.90. The maximum Gasteiger partial charge on any atom is 0.246 e. The highest BCUT2D eigenvalue weighted by molar-refractivity contribution is 5.80. The fourth-order valence-electron chi connectivity index (χ4n) is 0.421. The third-order valence-corrected chi connectivity index (χ3v) is 0.993. The zero-order chi connectivity index (χ0) is 8.15. The van der Waals surface area contributed by atoms with Crippen molar-refractivity contribution in [3.05, 3.63) is 0 Å². The van der Waals surface area contributed by atoms with E-state index < -0.39 is 17.9 Å². The molecule has 0 spiro atoms. The van der Waals surface area contributed by atoms with E-state index >= 15 is 0 Å². The van der Waals surface area contributed by atoms with Crippen molar-refractivity contribution in [2.45, 2.75) is 18.9 Å². The topological polar surface area (TPSA) is 106 Å². The van der Waals surface area contributed by atoms with Crippen LogP contribution in [0.5, 0.6) is 0 Å². The second kappa shape index (κ2) is 3.84. The number of hydrogen-bond donors (Lipinski definition) is 3. The van der Waals surface area contributed by atoms with Gasteiger partial charge in [0.2, 0.25) is 11.8 Å². The predicted octanol–water partition coefficient (Wildman–Crippen LogP) is -1.90. The summed E-state index contributed by atoms with van der Waals surface area (Å²) in [5, 5.41) is 8.69. The van der Waals surface area contributed by atoms with Gasteiger partial charge < -0.3 is 16.6 Å². The summed E-state index contributed by atoms with van der Waals surface area (Å²) in [6.07, 6.45) is -1.28. The predicted molar refractivity (Wildman–Crippen MR) is 33.6 cm³/mol. The Morgan fingerprint density at radius 1 is 1.40 bits per heavy atom. The third kappa shape index (κ3) is 3.85. The zero-order valence-electron chi connectivity index (χ0n) is 5.41. The average molecular weight is 146 g/mol. The van der Waals surface area contributed by atoms with E-state index in [2.05, 4.69) is 5.73 Å². The molecule has 0 heterocycles. The molecule has 0 aromatic rings. The highest BCUT2D eigenvalue weighted by Gasteiger charge is 2.10. The SMILES string of the molecule is NC(=O)CC[C@@H](O)C(N)=O. The molecule has 0 unspecified atom stereocenters. The Morgan fingerprint density at radius 2 is 1.90 bits per heavy atom. The van der Waals surface area contributed by atoms with Crippen LogP contribution in [0.15, 0.2) is 0 Å². The summed E-state index contributed by atoms with van der Waals surface area (Å²) in [7, 11) is 0. The molecule has 5 nitrogen and oxygen atoms in total. The molecule has 0 aliphatic carbocycles. The Labute approximate surface area is 58.0 Å². The standard InChI is InChI=1S/C5H10N2O3/c6-4(9)2-1-3(8)5(7)10/h3,8H,1-2H2,(H2,6,9)(H2,7,10)/t3-/m1/s1. The van der Waals surface area contributed by atoms with Gasteiger partial charge >= 0.3 is 0 Å². The summed E-state index contributed by atoms with van der Waals surface area (Å²) >= 11 is 0. The first-order chi connectivity index (χ1) is 4.54. The van der Waals surface area contributed by atoms with E-state index in [1.807, 2.05) is 0 Å². The van der Waals surface area contributed by atoms with Crippen molar-refractivity contribution in [3.8, 4) is 0 Å². The summed E-state index contributed by atoms with van der Waals surface area (Å²) < 4.78 is 0. The van der Waals surface area contributed by atoms with Crippen molar-refractivity contribution in [2.24, 2.45) is 11.5 Å². The van der Waals surface area contributed by atoms with Crippen molar-refractivity contribution < 1.29 is 14.7 Å². The summed E-state index contributed by atoms with van der Waals surface area (Å²) in [6.45, 7) is 0. The van der Waals surface area contributed by atoms with E-state index in [0.717, 1.165) is 0 Å². The van der Waals surface area contributed by atoms with Gasteiger partial charge in [-0.2, -0.15) is 0 Å². The maximum atomic E-state index is 10.1. The van der Waals surface area contributed by atoms with Gasteiger partial charge in [-0.15, -0.1) is 0 Å². The van der Waals surface area contributed by atoms with Crippen LogP contribution >= 0.6 is 0 Å². The average Bonchev–Trinajstić information content (AvgIpc) is 1.82. The van der Waals surface area contributed by atoms with Gasteiger partial charge in [0.25, 0.3) is 0 Å². The molecular weight excluding hydrogens is 136 g/mol. The van der Waals surface area contributed by atoms with Crippen LogP contribution in [-0.2, 0) is 9.59 Å². The van der Waals surface area contributed by atoms with E-state index in [9.17, 15) is 9.59 Å². The number of aliphatic hydroxyl groups excluding tert-OH is 1. The van der Waals surface area contributed by atoms with Crippen LogP contribution in [0.1, 0.15) is 12.8 Å². The number of hydrogen-bond acceptors (Lipinski definition) is 3. The summed E-state index contributed by atoms with van der Waals surface area (Å²) in [4.78, 5) is 20.2. The molecule has 0 aromatic heterocycles. The fraction of sp³-hybridized carbons (Fsp3) is 0.600. The number of rotatable bonds is 4. The molecule has 0 aliphatic rings. The van der Waals surface area contributed by atoms with Gasteiger partial charge in [-0.3, -0.25) is 9.59 Å². The molecule has 5 N–H and O–H groups in total. The Hall–Kier alpha value is -1.10. The minimum Gasteiger partial charge on any atom is -0.383 e. The van der Waals surface area contributed by atoms with Crippen LogP contribution in [0.2, 0.25) is 0 Å². The smallest absolute Gasteiger partial charge is 0.246 e. The van der Waals surface area contributed by atoms with Crippen LogP contribution in [0.4, 0.5) is 0 Å². The number of carbonyl (C=O) groups excluding carboxylic acids is 2. The minimum atomic E-state index is -1.26. The molecule has 10 heavy (non-hydrogen) atoms. The van der Waals surface area contributed by atoms with Crippen molar-refractivity contribution in [3.63, 3.8) is 0 Å². The quantitative estimate of drug-likeness (QED) is 0.431. The molecule has 0 fully saturated rings. The summed E-state index contributed by atoms with van der Waals surface area (Å²) in [6, 6.07) is 0. The lowest BCUT2D eigenvalue weighted by atomic mass is 10.2. The Balaban J connectivity index is 3.49. The van der Waals surface area contributed by atoms with Crippen LogP contribution in [0.3, 0.4) is 0 Å². The summed E-state index contributed by atoms with van der Waals surface area (Å²) in [5.74, 6) is -1.39. The molecule has 5 heteroatoms. The Kier molecular flexibility index (Phi) is 3.42. The van der Waals surface area contributed by atoms with Crippen LogP contribution < -0.4 is 11.5 Å². The van der Waals surface area contributed by atoms with E-state index in [-0.39, 0.29) is 12.8 Å². The van der Waals surface area contributed by atoms with Crippen molar-refractivity contribution in [1.82, 2.24) is 0 Å². The lowest BCUT2D eigenvalue weighted by Crippen LogP contribution is -2.29. The number of carbonyl (C=O) groups is 2. The summed E-state index contributed by atoms with van der Waals surface area (Å²) in [5.41, 5.74) is 9.42. The van der Waals surface area contributed by atoms with Gasteiger partial charge in [0.15, 0.2) is 0 Å². The molecule has 0 radical (unpaired) electrons. The Bertz CT molecular complexity index is 146. The monoisotopic (exact) mass is 146 g/mol. The van der Waals surface area contributed by atoms with E-state index in [4.69, 9.17) is 10.8 Å². The maximum absolute atomic E-state index is 10.1. The zero-order valence-corrected chi connectivity index (χ0v) is 5.41. The molecule has 0 saturated heterocycles. The minimum absolute atomic E-state index is 0.00463. The first-order valence-corrected chi connectivity index (χ1v) is 2.79.